The fraction of sp³-hybridized carbons (Fsp3) is 0.500. The number of carboxylic acids is 1. The normalized spacial score (nSPS) is 42.7. The van der Waals surface area contributed by atoms with E-state index in [2.05, 4.69) is 17.6 Å². The summed E-state index contributed by atoms with van der Waals surface area (Å²) in [6.45, 7) is 3.32. The first-order valence-electron chi connectivity index (χ1n) is 12.5. The maximum Gasteiger partial charge on any atom is 0.315 e. The van der Waals surface area contributed by atoms with Gasteiger partial charge in [0, 0.05) is 34.9 Å². The van der Waals surface area contributed by atoms with Gasteiger partial charge in [0.1, 0.15) is 36.4 Å². The van der Waals surface area contributed by atoms with Crippen molar-refractivity contribution >= 4 is 22.9 Å². The van der Waals surface area contributed by atoms with Crippen LogP contribution in [0.1, 0.15) is 23.7 Å². The summed E-state index contributed by atoms with van der Waals surface area (Å²) < 4.78 is 17.8. The molecule has 12 atom stereocenters. The van der Waals surface area contributed by atoms with Crippen molar-refractivity contribution in [3.05, 3.63) is 54.4 Å². The number of aromatic nitrogens is 1. The third kappa shape index (κ3) is 3.77. The molecule has 1 aromatic carbocycles. The number of rotatable bonds is 5. The Morgan fingerprint density at radius 1 is 1.16 bits per heavy atom. The topological polar surface area (TPSA) is 166 Å². The van der Waals surface area contributed by atoms with Gasteiger partial charge in [-0.3, -0.25) is 14.4 Å². The van der Waals surface area contributed by atoms with E-state index in [-0.39, 0.29) is 6.04 Å². The Kier molecular flexibility index (Phi) is 6.21. The maximum atomic E-state index is 12.4. The molecule has 4 aliphatic heterocycles. The summed E-state index contributed by atoms with van der Waals surface area (Å²) in [6, 6.07) is 7.94. The quantitative estimate of drug-likeness (QED) is 0.250. The number of fused-ring (bicyclic) bond motifs is 8. The highest BCUT2D eigenvalue weighted by Gasteiger charge is 2.60. The molecule has 1 aromatic heterocycles. The molecule has 7 N–H and O–H groups in total. The smallest absolute Gasteiger partial charge is 0.315 e. The van der Waals surface area contributed by atoms with Gasteiger partial charge in [-0.15, -0.1) is 6.58 Å². The molecule has 2 bridgehead atoms. The highest BCUT2D eigenvalue weighted by Crippen LogP contribution is 2.46. The number of aliphatic hydroxyl groups excluding tert-OH is 4. The lowest BCUT2D eigenvalue weighted by Gasteiger charge is -2.52. The Morgan fingerprint density at radius 2 is 1.95 bits per heavy atom. The lowest BCUT2D eigenvalue weighted by atomic mass is 9.69. The molecule has 4 aliphatic rings. The zero-order valence-electron chi connectivity index (χ0n) is 19.9. The van der Waals surface area contributed by atoms with E-state index >= 15 is 0 Å². The Hall–Kier alpha value is -2.61. The van der Waals surface area contributed by atoms with Crippen molar-refractivity contribution in [1.82, 2.24) is 4.98 Å². The largest absolute Gasteiger partial charge is 0.481 e. The number of carboxylic acid groups (broad SMARTS) is 1. The minimum absolute atomic E-state index is 0.0753. The van der Waals surface area contributed by atoms with Gasteiger partial charge < -0.3 is 40.0 Å². The van der Waals surface area contributed by atoms with Gasteiger partial charge in [-0.1, -0.05) is 24.3 Å². The summed E-state index contributed by atoms with van der Waals surface area (Å²) in [5.41, 5.74) is 3.12. The SMILES string of the molecule is C=CC1C(OC2OC(CO)C(O)C(O)C2O)OC2C(C(=O)O)C1CC1c3[nH]c4ccccc4c3C=C[NH+]12. The van der Waals surface area contributed by atoms with Crippen LogP contribution in [0.4, 0.5) is 0 Å². The van der Waals surface area contributed by atoms with Crippen LogP contribution in [0.3, 0.4) is 0 Å². The highest BCUT2D eigenvalue weighted by molar-refractivity contribution is 5.90. The average Bonchev–Trinajstić information content (AvgIpc) is 3.28. The van der Waals surface area contributed by atoms with Crippen LogP contribution < -0.4 is 4.90 Å². The number of hydrogen-bond donors (Lipinski definition) is 7. The molecule has 5 heterocycles. The summed E-state index contributed by atoms with van der Waals surface area (Å²) >= 11 is 0. The van der Waals surface area contributed by atoms with Crippen molar-refractivity contribution in [3.63, 3.8) is 0 Å². The molecule has 0 amide bonds. The van der Waals surface area contributed by atoms with Crippen LogP contribution >= 0.6 is 0 Å². The van der Waals surface area contributed by atoms with E-state index in [4.69, 9.17) is 14.2 Å². The molecule has 0 aliphatic carbocycles. The van der Waals surface area contributed by atoms with Crippen LogP contribution in [0.2, 0.25) is 0 Å². The molecule has 3 fully saturated rings. The number of aliphatic carboxylic acids is 1. The number of piperidine rings is 1. The molecular weight excluding hydrogens is 484 g/mol. The van der Waals surface area contributed by atoms with E-state index in [0.717, 1.165) is 27.1 Å². The first-order valence-corrected chi connectivity index (χ1v) is 12.5. The fourth-order valence-corrected chi connectivity index (χ4v) is 6.53. The second kappa shape index (κ2) is 9.29. The summed E-state index contributed by atoms with van der Waals surface area (Å²) in [5.74, 6) is -2.78. The minimum Gasteiger partial charge on any atom is -0.481 e. The lowest BCUT2D eigenvalue weighted by Crippen LogP contribution is -3.16. The Balaban J connectivity index is 1.33. The van der Waals surface area contributed by atoms with Gasteiger partial charge in [0.2, 0.25) is 6.23 Å². The molecule has 12 unspecified atom stereocenters. The van der Waals surface area contributed by atoms with Crippen LogP contribution in [0, 0.1) is 17.8 Å². The highest BCUT2D eigenvalue weighted by atomic mass is 16.8. The zero-order valence-corrected chi connectivity index (χ0v) is 19.9. The number of quaternary nitrogens is 1. The Labute approximate surface area is 212 Å². The lowest BCUT2D eigenvalue weighted by molar-refractivity contribution is -0.948. The number of benzene rings is 1. The van der Waals surface area contributed by atoms with E-state index in [1.165, 1.54) is 0 Å². The second-order valence-corrected chi connectivity index (χ2v) is 10.2. The molecule has 0 radical (unpaired) electrons. The number of aromatic amines is 1. The van der Waals surface area contributed by atoms with Gasteiger partial charge in [-0.2, -0.15) is 0 Å². The van der Waals surface area contributed by atoms with Crippen LogP contribution in [0.25, 0.3) is 17.0 Å². The van der Waals surface area contributed by atoms with Gasteiger partial charge in [0.15, 0.2) is 12.6 Å². The van der Waals surface area contributed by atoms with Gasteiger partial charge in [0.05, 0.1) is 18.5 Å². The molecule has 0 saturated carbocycles. The average molecular weight is 516 g/mol. The van der Waals surface area contributed by atoms with Crippen molar-refractivity contribution in [2.45, 2.75) is 55.7 Å². The van der Waals surface area contributed by atoms with Crippen LogP contribution in [-0.2, 0) is 19.0 Å². The number of ether oxygens (including phenoxy) is 3. The van der Waals surface area contributed by atoms with Crippen molar-refractivity contribution in [1.29, 1.82) is 0 Å². The van der Waals surface area contributed by atoms with Gasteiger partial charge in [-0.25, -0.2) is 0 Å². The van der Waals surface area contributed by atoms with Crippen LogP contribution in [0.5, 0.6) is 0 Å². The first kappa shape index (κ1) is 24.7. The van der Waals surface area contributed by atoms with Crippen molar-refractivity contribution in [3.8, 4) is 0 Å². The van der Waals surface area contributed by atoms with Crippen LogP contribution in [-0.4, -0.2) is 86.3 Å². The third-order valence-electron chi connectivity index (χ3n) is 8.36. The molecule has 11 nitrogen and oxygen atoms in total. The molecule has 0 spiro atoms. The van der Waals surface area contributed by atoms with E-state index in [0.29, 0.717) is 6.42 Å². The number of carbonyl (C=O) groups is 1. The Morgan fingerprint density at radius 3 is 2.68 bits per heavy atom. The fourth-order valence-electron chi connectivity index (χ4n) is 6.53. The first-order chi connectivity index (χ1) is 17.8. The standard InChI is InChI=1S/C26H30N2O9/c1-2-11-14-9-16-19-13(12-5-3-4-6-15(12)27-19)7-8-28(16)23(18(14)24(33)34)36-25(11)37-26-22(32)21(31)20(30)17(10-29)35-26/h2-8,11,14,16-18,20-23,25-27,29-32H,1,9-10H2,(H,33,34)/p+1. The van der Waals surface area contributed by atoms with Crippen molar-refractivity contribution in [2.75, 3.05) is 6.61 Å². The second-order valence-electron chi connectivity index (χ2n) is 10.2. The van der Waals surface area contributed by atoms with E-state index < -0.39 is 73.6 Å². The molecular formula is C26H31N2O9+. The molecule has 6 rings (SSSR count). The predicted molar refractivity (Wildman–Crippen MR) is 127 cm³/mol. The monoisotopic (exact) mass is 515 g/mol. The molecule has 37 heavy (non-hydrogen) atoms. The van der Waals surface area contributed by atoms with Gasteiger partial charge in [-0.05, 0) is 12.0 Å². The molecule has 198 valence electrons. The van der Waals surface area contributed by atoms with Crippen LogP contribution in [0.15, 0.2) is 43.1 Å². The number of nitrogens with one attached hydrogen (secondary N) is 2. The van der Waals surface area contributed by atoms with E-state index in [1.54, 1.807) is 6.08 Å². The Bertz CT molecular complexity index is 1230. The van der Waals surface area contributed by atoms with E-state index in [9.17, 15) is 30.3 Å². The molecule has 11 heteroatoms. The van der Waals surface area contributed by atoms with Crippen molar-refractivity contribution < 1.29 is 49.4 Å². The van der Waals surface area contributed by atoms with E-state index in [1.807, 2.05) is 30.5 Å². The van der Waals surface area contributed by atoms with Gasteiger partial charge in [0.25, 0.3) is 0 Å². The number of hydrogen-bond acceptors (Lipinski definition) is 8. The summed E-state index contributed by atoms with van der Waals surface area (Å²) in [6.07, 6.45) is -3.08. The molecule has 3 saturated heterocycles. The third-order valence-corrected chi connectivity index (χ3v) is 8.36. The number of para-hydroxylation sites is 1. The molecule has 2 aromatic rings. The summed E-state index contributed by atoms with van der Waals surface area (Å²) in [7, 11) is 0. The van der Waals surface area contributed by atoms with Gasteiger partial charge >= 0.3 is 5.97 Å². The number of aliphatic hydroxyl groups is 4. The predicted octanol–water partition coefficient (Wildman–Crippen LogP) is -0.900. The zero-order chi connectivity index (χ0) is 26.0. The van der Waals surface area contributed by atoms with Crippen molar-refractivity contribution in [2.24, 2.45) is 17.8 Å². The summed E-state index contributed by atoms with van der Waals surface area (Å²) in [4.78, 5) is 16.8. The minimum atomic E-state index is -1.60. The number of H-pyrrole nitrogens is 1. The summed E-state index contributed by atoms with van der Waals surface area (Å²) in [5, 5.41) is 51.6. The maximum absolute atomic E-state index is 12.4.